The maximum atomic E-state index is 9.19. The number of hydrogen-bond acceptors (Lipinski definition) is 4. The van der Waals surface area contributed by atoms with E-state index < -0.39 is 10.1 Å². The number of hydrogen-bond donors (Lipinski definition) is 1. The molecule has 12 atom stereocenters. The molecule has 2 aromatic rings. The second kappa shape index (κ2) is 15.3. The first-order chi connectivity index (χ1) is 27.0. The minimum Gasteiger partial charge on any atom is -0.286 e. The number of nitrogens with zero attached hydrogens (tertiary/aromatic N) is 2. The summed E-state index contributed by atoms with van der Waals surface area (Å²) in [5, 5.41) is 0. The second-order valence-electron chi connectivity index (χ2n) is 21.1. The lowest BCUT2D eigenvalue weighted by atomic mass is 9.47. The first-order valence-electron chi connectivity index (χ1n) is 22.6. The van der Waals surface area contributed by atoms with Gasteiger partial charge in [-0.25, -0.2) is 0 Å². The number of fused-ring (bicyclic) bond motifs is 10. The summed E-state index contributed by atoms with van der Waals surface area (Å²) in [5.74, 6) is 7.01. The Kier molecular flexibility index (Phi) is 11.0. The van der Waals surface area contributed by atoms with Crippen LogP contribution in [0.25, 0.3) is 11.1 Å². The molecule has 0 radical (unpaired) electrons. The van der Waals surface area contributed by atoms with Gasteiger partial charge in [0, 0.05) is 24.8 Å². The Morgan fingerprint density at radius 2 is 0.965 bits per heavy atom. The Labute approximate surface area is 345 Å². The van der Waals surface area contributed by atoms with Gasteiger partial charge < -0.3 is 0 Å². The summed E-state index contributed by atoms with van der Waals surface area (Å²) in [6.07, 6.45) is 38.3. The number of pyridine rings is 2. The fourth-order valence-electron chi connectivity index (χ4n) is 14.8. The zero-order valence-corrected chi connectivity index (χ0v) is 36.8. The third-order valence-corrected chi connectivity index (χ3v) is 17.8. The third-order valence-electron chi connectivity index (χ3n) is 17.8. The zero-order chi connectivity index (χ0) is 40.4. The molecule has 4 saturated carbocycles. The van der Waals surface area contributed by atoms with Crippen molar-refractivity contribution in [1.82, 2.24) is 9.97 Å². The van der Waals surface area contributed by atoms with Gasteiger partial charge in [-0.05, 0) is 193 Å². The predicted octanol–water partition coefficient (Wildman–Crippen LogP) is 12.9. The molecular weight excluding hydrogens is 721 g/mol. The lowest BCUT2D eigenvalue weighted by Crippen LogP contribution is -2.49. The SMILES string of the molecule is CC1CC[C@@]2(C)C(=CCC3C2CC[C@]2(C)C(c4cccnc4)=CCC32)C1.CC1CC[C@@]2(C)C(=CCC3C2CC[C@]2(C)C(c4cccnc4)=CCC32)C1.CS(=O)(=O)O. The van der Waals surface area contributed by atoms with Crippen LogP contribution in [0.1, 0.15) is 143 Å². The highest BCUT2D eigenvalue weighted by molar-refractivity contribution is 7.85. The van der Waals surface area contributed by atoms with Crippen molar-refractivity contribution in [2.75, 3.05) is 6.26 Å². The zero-order valence-electron chi connectivity index (χ0n) is 36.0. The van der Waals surface area contributed by atoms with E-state index in [1.807, 2.05) is 23.5 Å². The van der Waals surface area contributed by atoms with E-state index in [4.69, 9.17) is 4.55 Å². The van der Waals surface area contributed by atoms with Crippen LogP contribution in [-0.4, -0.2) is 29.2 Å². The van der Waals surface area contributed by atoms with Crippen LogP contribution in [0, 0.1) is 69.0 Å². The highest BCUT2D eigenvalue weighted by Crippen LogP contribution is 2.68. The van der Waals surface area contributed by atoms with E-state index in [0.29, 0.717) is 27.9 Å². The van der Waals surface area contributed by atoms with Gasteiger partial charge in [-0.3, -0.25) is 14.5 Å². The van der Waals surface area contributed by atoms with Crippen molar-refractivity contribution in [3.63, 3.8) is 0 Å². The van der Waals surface area contributed by atoms with Gasteiger partial charge in [0.25, 0.3) is 10.1 Å². The molecule has 0 aromatic carbocycles. The normalized spacial score (nSPS) is 41.5. The molecule has 8 aliphatic carbocycles. The summed E-state index contributed by atoms with van der Waals surface area (Å²) in [4.78, 5) is 8.80. The molecule has 8 aliphatic rings. The maximum absolute atomic E-state index is 9.19. The quantitative estimate of drug-likeness (QED) is 0.242. The van der Waals surface area contributed by atoms with Crippen LogP contribution >= 0.6 is 0 Å². The van der Waals surface area contributed by atoms with E-state index in [1.165, 1.54) is 101 Å². The number of allylic oxidation sites excluding steroid dienone is 8. The van der Waals surface area contributed by atoms with Crippen LogP contribution in [0.15, 0.2) is 84.5 Å². The Balaban J connectivity index is 0.000000143. The molecule has 0 spiro atoms. The number of aromatic nitrogens is 2. The van der Waals surface area contributed by atoms with Crippen LogP contribution in [0.3, 0.4) is 0 Å². The van der Waals surface area contributed by atoms with E-state index in [0.717, 1.165) is 47.3 Å². The summed E-state index contributed by atoms with van der Waals surface area (Å²) in [7, 11) is -3.67. The second-order valence-corrected chi connectivity index (χ2v) is 22.5. The molecule has 10 rings (SSSR count). The summed E-state index contributed by atoms with van der Waals surface area (Å²) < 4.78 is 25.9. The molecule has 57 heavy (non-hydrogen) atoms. The van der Waals surface area contributed by atoms with Gasteiger partial charge in [0.2, 0.25) is 0 Å². The molecule has 0 amide bonds. The average Bonchev–Trinajstić information content (AvgIpc) is 3.72. The Hall–Kier alpha value is -2.83. The van der Waals surface area contributed by atoms with Crippen LogP contribution in [0.2, 0.25) is 0 Å². The minimum atomic E-state index is -3.67. The minimum absolute atomic E-state index is 0.355. The first-order valence-corrected chi connectivity index (χ1v) is 24.4. The highest BCUT2D eigenvalue weighted by atomic mass is 32.2. The van der Waals surface area contributed by atoms with Crippen molar-refractivity contribution in [1.29, 1.82) is 0 Å². The summed E-state index contributed by atoms with van der Waals surface area (Å²) in [5.41, 5.74) is 11.2. The number of rotatable bonds is 2. The van der Waals surface area contributed by atoms with E-state index in [9.17, 15) is 8.42 Å². The van der Waals surface area contributed by atoms with Crippen molar-refractivity contribution in [3.05, 3.63) is 95.6 Å². The molecule has 6 heteroatoms. The molecule has 4 fully saturated rings. The average molecular weight is 791 g/mol. The van der Waals surface area contributed by atoms with Gasteiger partial charge in [0.05, 0.1) is 6.26 Å². The molecule has 1 N–H and O–H groups in total. The standard InChI is InChI=1S/2C25H33N.CH4O3S/c2*1-17-10-12-24(2)19(15-17)6-7-20-22-9-8-21(18-5-4-14-26-16-18)25(22,3)13-11-23(20)24;1-5(2,3)4/h2*4-6,8,14,16-17,20,22-23H,7,9-13,15H2,1-3H3;1H3,(H,2,3,4)/t2*17?,20?,22?,23?,24-,25+;/m00./s1. The monoisotopic (exact) mass is 791 g/mol. The highest BCUT2D eigenvalue weighted by Gasteiger charge is 2.58. The third kappa shape index (κ3) is 7.40. The van der Waals surface area contributed by atoms with Gasteiger partial charge >= 0.3 is 0 Å². The van der Waals surface area contributed by atoms with Crippen LogP contribution in [-0.2, 0) is 10.1 Å². The maximum Gasteiger partial charge on any atom is 0.261 e. The van der Waals surface area contributed by atoms with Crippen molar-refractivity contribution in [3.8, 4) is 0 Å². The molecule has 0 aliphatic heterocycles. The topological polar surface area (TPSA) is 80.2 Å². The lowest BCUT2D eigenvalue weighted by Gasteiger charge is -2.58. The Morgan fingerprint density at radius 1 is 0.579 bits per heavy atom. The predicted molar refractivity (Wildman–Crippen MR) is 234 cm³/mol. The van der Waals surface area contributed by atoms with Crippen LogP contribution < -0.4 is 0 Å². The Morgan fingerprint density at radius 3 is 1.33 bits per heavy atom. The molecule has 2 aromatic heterocycles. The van der Waals surface area contributed by atoms with Crippen molar-refractivity contribution in [2.24, 2.45) is 69.0 Å². The Bertz CT molecular complexity index is 1900. The summed E-state index contributed by atoms with van der Waals surface area (Å²) in [6, 6.07) is 8.72. The van der Waals surface area contributed by atoms with Crippen molar-refractivity contribution in [2.45, 2.75) is 131 Å². The lowest BCUT2D eigenvalue weighted by molar-refractivity contribution is -0.0138. The molecule has 5 nitrogen and oxygen atoms in total. The van der Waals surface area contributed by atoms with Crippen molar-refractivity contribution < 1.29 is 13.0 Å². The molecule has 308 valence electrons. The first kappa shape index (κ1) is 40.9. The molecular formula is C51H70N2O3S. The molecule has 0 bridgehead atoms. The molecule has 0 saturated heterocycles. The summed E-state index contributed by atoms with van der Waals surface area (Å²) in [6.45, 7) is 15.3. The van der Waals surface area contributed by atoms with Gasteiger partial charge in [-0.2, -0.15) is 8.42 Å². The van der Waals surface area contributed by atoms with Crippen LogP contribution in [0.5, 0.6) is 0 Å². The van der Waals surface area contributed by atoms with Gasteiger partial charge in [0.15, 0.2) is 0 Å². The van der Waals surface area contributed by atoms with Crippen molar-refractivity contribution >= 4 is 21.3 Å². The smallest absolute Gasteiger partial charge is 0.261 e. The van der Waals surface area contributed by atoms with Gasteiger partial charge in [-0.15, -0.1) is 0 Å². The largest absolute Gasteiger partial charge is 0.286 e. The van der Waals surface area contributed by atoms with E-state index in [-0.39, 0.29) is 0 Å². The van der Waals surface area contributed by atoms with E-state index in [2.05, 4.69) is 112 Å². The molecule has 8 unspecified atom stereocenters. The van der Waals surface area contributed by atoms with Crippen LogP contribution in [0.4, 0.5) is 0 Å². The fourth-order valence-corrected chi connectivity index (χ4v) is 14.8. The van der Waals surface area contributed by atoms with E-state index >= 15 is 0 Å². The molecule has 2 heterocycles. The van der Waals surface area contributed by atoms with Gasteiger partial charge in [0.1, 0.15) is 0 Å². The van der Waals surface area contributed by atoms with Gasteiger partial charge in [-0.1, -0.05) is 89.1 Å². The fraction of sp³-hybridized carbons (Fsp3) is 0.647. The summed E-state index contributed by atoms with van der Waals surface area (Å²) >= 11 is 0. The van der Waals surface area contributed by atoms with E-state index in [1.54, 1.807) is 11.1 Å².